The summed E-state index contributed by atoms with van der Waals surface area (Å²) < 4.78 is 5.41. The largest absolute Gasteiger partial charge is 0.480 e. The minimum Gasteiger partial charge on any atom is -0.480 e. The highest BCUT2D eigenvalue weighted by molar-refractivity contribution is 5.97. The molecule has 0 saturated carbocycles. The predicted molar refractivity (Wildman–Crippen MR) is 216 cm³/mol. The summed E-state index contributed by atoms with van der Waals surface area (Å²) in [6.45, 7) is 13.0. The second kappa shape index (κ2) is 21.0. The number of carboxylic acids is 1. The highest BCUT2D eigenvalue weighted by atomic mass is 16.6. The molecule has 0 unspecified atom stereocenters. The van der Waals surface area contributed by atoms with Crippen molar-refractivity contribution in [3.05, 3.63) is 97.1 Å². The van der Waals surface area contributed by atoms with Gasteiger partial charge in [0.1, 0.15) is 41.9 Å². The first-order valence-corrected chi connectivity index (χ1v) is 19.7. The van der Waals surface area contributed by atoms with E-state index in [0.29, 0.717) is 19.3 Å². The number of carbonyl (C=O) groups is 7. The molecule has 2 aliphatic heterocycles. The second-order valence-corrected chi connectivity index (χ2v) is 15.5. The molecule has 2 aliphatic rings. The van der Waals surface area contributed by atoms with Crippen LogP contribution in [0.1, 0.15) is 70.4 Å². The molecular weight excluding hydrogens is 745 g/mol. The van der Waals surface area contributed by atoms with Crippen molar-refractivity contribution in [3.8, 4) is 0 Å². The number of hydrogen-bond donors (Lipinski definition) is 5. The van der Waals surface area contributed by atoms with Gasteiger partial charge in [0.2, 0.25) is 29.5 Å². The first-order chi connectivity index (χ1) is 27.6. The van der Waals surface area contributed by atoms with E-state index in [-0.39, 0.29) is 45.2 Å². The Bertz CT molecular complexity index is 1800. The van der Waals surface area contributed by atoms with Crippen LogP contribution in [0.5, 0.6) is 0 Å². The molecule has 312 valence electrons. The maximum atomic E-state index is 14.2. The molecule has 0 bridgehead atoms. The van der Waals surface area contributed by atoms with Crippen LogP contribution in [0.25, 0.3) is 0 Å². The van der Waals surface area contributed by atoms with Crippen LogP contribution >= 0.6 is 0 Å². The fraction of sp³-hybridized carbons (Fsp3) is 0.465. The Balaban J connectivity index is 1.52. The number of carbonyl (C=O) groups excluding carboxylic acids is 6. The summed E-state index contributed by atoms with van der Waals surface area (Å²) in [5, 5.41) is 20.6. The van der Waals surface area contributed by atoms with Crippen molar-refractivity contribution in [2.45, 2.75) is 114 Å². The van der Waals surface area contributed by atoms with E-state index in [2.05, 4.69) is 34.4 Å². The molecule has 0 radical (unpaired) electrons. The van der Waals surface area contributed by atoms with Gasteiger partial charge in [-0.15, -0.1) is 13.2 Å². The molecule has 2 aromatic carbocycles. The Morgan fingerprint density at radius 1 is 0.690 bits per heavy atom. The summed E-state index contributed by atoms with van der Waals surface area (Å²) >= 11 is 0. The highest BCUT2D eigenvalue weighted by Crippen LogP contribution is 2.22. The Labute approximate surface area is 339 Å². The normalized spacial score (nSPS) is 18.5. The maximum Gasteiger partial charge on any atom is 0.408 e. The summed E-state index contributed by atoms with van der Waals surface area (Å²) in [6, 6.07) is 11.5. The molecule has 0 spiro atoms. The number of carboxylic acid groups (broad SMARTS) is 1. The third-order valence-electron chi connectivity index (χ3n) is 9.90. The molecule has 0 aliphatic carbocycles. The van der Waals surface area contributed by atoms with Gasteiger partial charge in [0.05, 0.1) is 0 Å². The van der Waals surface area contributed by atoms with Crippen LogP contribution in [0.3, 0.4) is 0 Å². The van der Waals surface area contributed by atoms with E-state index < -0.39 is 83.5 Å². The van der Waals surface area contributed by atoms with E-state index in [9.17, 15) is 38.7 Å². The van der Waals surface area contributed by atoms with Gasteiger partial charge in [-0.2, -0.15) is 0 Å². The zero-order valence-corrected chi connectivity index (χ0v) is 33.5. The molecule has 6 atom stereocenters. The van der Waals surface area contributed by atoms with Crippen LogP contribution in [-0.2, 0) is 46.3 Å². The van der Waals surface area contributed by atoms with Crippen LogP contribution in [-0.4, -0.2) is 111 Å². The van der Waals surface area contributed by atoms with E-state index in [1.807, 2.05) is 24.3 Å². The lowest BCUT2D eigenvalue weighted by Gasteiger charge is -2.31. The molecule has 2 heterocycles. The fourth-order valence-electron chi connectivity index (χ4n) is 7.15. The van der Waals surface area contributed by atoms with E-state index in [4.69, 9.17) is 4.74 Å². The fourth-order valence-corrected chi connectivity index (χ4v) is 7.15. The van der Waals surface area contributed by atoms with Gasteiger partial charge in [0.25, 0.3) is 0 Å². The van der Waals surface area contributed by atoms with Gasteiger partial charge >= 0.3 is 12.1 Å². The lowest BCUT2D eigenvalue weighted by Crippen LogP contribution is -2.59. The van der Waals surface area contributed by atoms with Crippen molar-refractivity contribution >= 4 is 41.6 Å². The van der Waals surface area contributed by atoms with Crippen molar-refractivity contribution in [1.82, 2.24) is 31.1 Å². The van der Waals surface area contributed by atoms with Gasteiger partial charge in [0.15, 0.2) is 0 Å². The summed E-state index contributed by atoms with van der Waals surface area (Å²) in [7, 11) is 0. The minimum atomic E-state index is -1.18. The number of amides is 6. The van der Waals surface area contributed by atoms with E-state index in [0.717, 1.165) is 11.1 Å². The summed E-state index contributed by atoms with van der Waals surface area (Å²) in [5.41, 5.74) is 0.657. The molecule has 6 amide bonds. The molecule has 15 heteroatoms. The number of aliphatic carboxylic acids is 1. The van der Waals surface area contributed by atoms with Crippen LogP contribution in [0, 0.1) is 0 Å². The van der Waals surface area contributed by atoms with E-state index in [1.165, 1.54) is 22.0 Å². The Morgan fingerprint density at radius 2 is 1.12 bits per heavy atom. The maximum absolute atomic E-state index is 14.2. The summed E-state index contributed by atoms with van der Waals surface area (Å²) in [5.74, 6) is -4.13. The van der Waals surface area contributed by atoms with Gasteiger partial charge in [-0.3, -0.25) is 24.0 Å². The zero-order valence-electron chi connectivity index (χ0n) is 33.5. The van der Waals surface area contributed by atoms with Crippen molar-refractivity contribution in [1.29, 1.82) is 0 Å². The van der Waals surface area contributed by atoms with Crippen molar-refractivity contribution < 1.29 is 43.4 Å². The Kier molecular flexibility index (Phi) is 16.2. The van der Waals surface area contributed by atoms with Crippen LogP contribution < -0.4 is 21.3 Å². The lowest BCUT2D eigenvalue weighted by atomic mass is 10.0. The zero-order chi connectivity index (χ0) is 42.4. The molecule has 58 heavy (non-hydrogen) atoms. The number of rotatable bonds is 18. The number of benzene rings is 2. The average Bonchev–Trinajstić information content (AvgIpc) is 3.88. The van der Waals surface area contributed by atoms with Crippen LogP contribution in [0.4, 0.5) is 4.79 Å². The smallest absolute Gasteiger partial charge is 0.408 e. The lowest BCUT2D eigenvalue weighted by molar-refractivity contribution is -0.149. The first-order valence-electron chi connectivity index (χ1n) is 19.7. The Hall–Kier alpha value is -5.99. The van der Waals surface area contributed by atoms with Crippen LogP contribution in [0.15, 0.2) is 86.0 Å². The summed E-state index contributed by atoms with van der Waals surface area (Å²) in [6.07, 6.45) is 3.91. The van der Waals surface area contributed by atoms with Crippen LogP contribution in [0.2, 0.25) is 0 Å². The molecule has 2 fully saturated rings. The number of likely N-dealkylation sites (tertiary alicyclic amines) is 2. The van der Waals surface area contributed by atoms with Crippen molar-refractivity contribution in [2.75, 3.05) is 13.1 Å². The highest BCUT2D eigenvalue weighted by Gasteiger charge is 2.41. The van der Waals surface area contributed by atoms with Crippen molar-refractivity contribution in [2.24, 2.45) is 0 Å². The van der Waals surface area contributed by atoms with Gasteiger partial charge in [-0.1, -0.05) is 72.8 Å². The minimum absolute atomic E-state index is 0.0252. The molecule has 15 nitrogen and oxygen atoms in total. The Morgan fingerprint density at radius 3 is 1.55 bits per heavy atom. The second-order valence-electron chi connectivity index (χ2n) is 15.5. The predicted octanol–water partition coefficient (Wildman–Crippen LogP) is 3.04. The molecule has 4 rings (SSSR count). The number of nitrogens with zero attached hydrogens (tertiary/aromatic N) is 2. The number of hydrogen-bond acceptors (Lipinski definition) is 8. The molecule has 0 aromatic heterocycles. The van der Waals surface area contributed by atoms with Gasteiger partial charge in [-0.25, -0.2) is 9.59 Å². The molecular formula is C43H56N6O9. The number of nitrogens with one attached hydrogen (secondary N) is 4. The molecule has 2 saturated heterocycles. The van der Waals surface area contributed by atoms with E-state index in [1.54, 1.807) is 57.2 Å². The third-order valence-corrected chi connectivity index (χ3v) is 9.90. The van der Waals surface area contributed by atoms with Gasteiger partial charge < -0.3 is 40.9 Å². The molecule has 2 aromatic rings. The van der Waals surface area contributed by atoms with Gasteiger partial charge in [0, 0.05) is 25.9 Å². The number of alkyl carbamates (subject to hydrolysis) is 1. The summed E-state index contributed by atoms with van der Waals surface area (Å²) in [4.78, 5) is 96.8. The quantitative estimate of drug-likeness (QED) is 0.141. The van der Waals surface area contributed by atoms with Crippen molar-refractivity contribution in [3.63, 3.8) is 0 Å². The SMILES string of the molecule is C=CC[C@H](NC(=O)[C@H](Cc1ccccc1)NC(=O)[C@@H]1CCCN1C(=O)[C@H](CC=C)NC(=O)[C@H](Cc1ccccc1)NC(=O)OC(C)(C)C)C(=O)N1CCC[C@H]1C(=O)O. The number of ether oxygens (including phenoxy) is 1. The average molecular weight is 801 g/mol. The first kappa shape index (κ1) is 44.7. The third kappa shape index (κ3) is 12.8. The standard InChI is InChI=1S/C43H56N6O9/c1-6-16-30(45-37(51)33(27-29-20-12-9-13-21-29)47-42(57)58-43(3,4)5)39(53)48-24-14-22-34(48)38(52)46-32(26-28-18-10-8-11-19-28)36(50)44-31(17-7-2)40(54)49-25-15-23-35(49)41(55)56/h6-13,18-21,30-35H,1-2,14-17,22-27H2,3-5H3,(H,44,50)(H,45,51)(H,46,52)(H,47,57)(H,55,56)/t30-,31-,32-,33-,34-,35-/m0/s1. The topological polar surface area (TPSA) is 204 Å². The monoisotopic (exact) mass is 800 g/mol. The van der Waals surface area contributed by atoms with Gasteiger partial charge in [-0.05, 0) is 70.4 Å². The molecule has 5 N–H and O–H groups in total. The van der Waals surface area contributed by atoms with E-state index >= 15 is 0 Å².